The van der Waals surface area contributed by atoms with Gasteiger partial charge in [0.1, 0.15) is 6.10 Å². The van der Waals surface area contributed by atoms with E-state index in [-0.39, 0.29) is 17.5 Å². The molecule has 3 aliphatic carbocycles. The number of ether oxygens (including phenoxy) is 1. The van der Waals surface area contributed by atoms with Crippen LogP contribution in [0.15, 0.2) is 4.99 Å². The van der Waals surface area contributed by atoms with Gasteiger partial charge in [0.2, 0.25) is 0 Å². The first kappa shape index (κ1) is 12.2. The monoisotopic (exact) mass is 233 g/mol. The van der Waals surface area contributed by atoms with Crippen LogP contribution in [-0.2, 0) is 9.53 Å². The minimum atomic E-state index is -0.200. The highest BCUT2D eigenvalue weighted by atomic mass is 16.5. The molecule has 0 N–H and O–H groups in total. The van der Waals surface area contributed by atoms with E-state index in [2.05, 4.69) is 10.9 Å². The Morgan fingerprint density at radius 1 is 1.71 bits per heavy atom. The van der Waals surface area contributed by atoms with Gasteiger partial charge in [-0.3, -0.25) is 9.79 Å². The molecule has 0 amide bonds. The Kier molecular flexibility index (Phi) is 3.24. The van der Waals surface area contributed by atoms with E-state index in [1.807, 2.05) is 7.05 Å². The predicted molar refractivity (Wildman–Crippen MR) is 66.8 cm³/mol. The van der Waals surface area contributed by atoms with Crippen molar-refractivity contribution in [1.82, 2.24) is 0 Å². The third kappa shape index (κ3) is 2.09. The minimum absolute atomic E-state index is 0.0136. The number of nitrogens with zero attached hydrogens (tertiary/aromatic N) is 1. The van der Waals surface area contributed by atoms with Crippen molar-refractivity contribution in [3.05, 3.63) is 0 Å². The summed E-state index contributed by atoms with van der Waals surface area (Å²) < 4.78 is 5.48. The summed E-state index contributed by atoms with van der Waals surface area (Å²) >= 11 is 0. The highest BCUT2D eigenvalue weighted by Crippen LogP contribution is 2.52. The second kappa shape index (κ2) is 4.52. The highest BCUT2D eigenvalue weighted by Gasteiger charge is 2.51. The van der Waals surface area contributed by atoms with E-state index in [1.165, 1.54) is 12.6 Å². The molecule has 17 heavy (non-hydrogen) atoms. The van der Waals surface area contributed by atoms with E-state index < -0.39 is 0 Å². The first-order chi connectivity index (χ1) is 8.11. The van der Waals surface area contributed by atoms with Crippen molar-refractivity contribution in [2.24, 2.45) is 16.3 Å². The number of hydrogen-bond donors (Lipinski definition) is 0. The van der Waals surface area contributed by atoms with E-state index in [0.29, 0.717) is 12.3 Å². The second-order valence-corrected chi connectivity index (χ2v) is 5.20. The van der Waals surface area contributed by atoms with E-state index in [1.54, 1.807) is 0 Å². The molecule has 0 aliphatic heterocycles. The van der Waals surface area contributed by atoms with E-state index in [0.717, 1.165) is 25.7 Å². The molecule has 0 aromatic rings. The Hall–Kier alpha value is -1.30. The molecule has 0 aromatic carbocycles. The van der Waals surface area contributed by atoms with Crippen LogP contribution in [0.25, 0.3) is 0 Å². The Bertz CT molecular complexity index is 394. The van der Waals surface area contributed by atoms with Crippen LogP contribution in [0.4, 0.5) is 0 Å². The van der Waals surface area contributed by atoms with Gasteiger partial charge in [0.05, 0.1) is 0 Å². The number of rotatable bonds is 2. The molecule has 3 aliphatic rings. The molecule has 3 unspecified atom stereocenters. The molecule has 3 atom stereocenters. The molecule has 3 heteroatoms. The van der Waals surface area contributed by atoms with Crippen molar-refractivity contribution in [2.75, 3.05) is 7.05 Å². The number of fused-ring (bicyclic) bond motifs is 3. The van der Waals surface area contributed by atoms with Crippen molar-refractivity contribution in [3.8, 4) is 12.3 Å². The zero-order valence-electron chi connectivity index (χ0n) is 10.5. The quantitative estimate of drug-likeness (QED) is 0.542. The van der Waals surface area contributed by atoms with Crippen molar-refractivity contribution in [3.63, 3.8) is 0 Å². The van der Waals surface area contributed by atoms with Crippen molar-refractivity contribution in [2.45, 2.75) is 45.1 Å². The van der Waals surface area contributed by atoms with Crippen LogP contribution in [-0.4, -0.2) is 24.8 Å². The van der Waals surface area contributed by atoms with Gasteiger partial charge in [-0.2, -0.15) is 0 Å². The smallest absolute Gasteiger partial charge is 0.302 e. The summed E-state index contributed by atoms with van der Waals surface area (Å²) in [6.07, 6.45) is 10.1. The number of carbonyl (C=O) groups is 1. The van der Waals surface area contributed by atoms with Crippen LogP contribution in [0.5, 0.6) is 0 Å². The summed E-state index contributed by atoms with van der Waals surface area (Å²) in [4.78, 5) is 15.6. The minimum Gasteiger partial charge on any atom is -0.462 e. The summed E-state index contributed by atoms with van der Waals surface area (Å²) in [5.41, 5.74) is 1.21. The van der Waals surface area contributed by atoms with Gasteiger partial charge < -0.3 is 4.74 Å². The van der Waals surface area contributed by atoms with Crippen LogP contribution in [0.2, 0.25) is 0 Å². The fraction of sp³-hybridized carbons (Fsp3) is 0.714. The van der Waals surface area contributed by atoms with Gasteiger partial charge in [0, 0.05) is 37.4 Å². The Morgan fingerprint density at radius 2 is 2.47 bits per heavy atom. The maximum Gasteiger partial charge on any atom is 0.302 e. The van der Waals surface area contributed by atoms with Crippen molar-refractivity contribution >= 4 is 11.7 Å². The Labute approximate surface area is 103 Å². The fourth-order valence-corrected chi connectivity index (χ4v) is 3.36. The van der Waals surface area contributed by atoms with Crippen molar-refractivity contribution < 1.29 is 9.53 Å². The van der Waals surface area contributed by atoms with Gasteiger partial charge in [0.15, 0.2) is 0 Å². The summed E-state index contributed by atoms with van der Waals surface area (Å²) in [6.45, 7) is 1.47. The first-order valence-corrected chi connectivity index (χ1v) is 6.17. The Balaban J connectivity index is 2.25. The van der Waals surface area contributed by atoms with Crippen LogP contribution >= 0.6 is 0 Å². The maximum absolute atomic E-state index is 11.2. The molecule has 3 fully saturated rings. The summed E-state index contributed by atoms with van der Waals surface area (Å²) in [5.74, 6) is 3.05. The van der Waals surface area contributed by atoms with Gasteiger partial charge >= 0.3 is 5.97 Å². The number of terminal acetylenes is 1. The number of esters is 1. The summed E-state index contributed by atoms with van der Waals surface area (Å²) in [5, 5.41) is 0. The highest BCUT2D eigenvalue weighted by molar-refractivity contribution is 5.89. The lowest BCUT2D eigenvalue weighted by molar-refractivity contribution is -0.159. The zero-order valence-corrected chi connectivity index (χ0v) is 10.5. The normalized spacial score (nSPS) is 37.8. The van der Waals surface area contributed by atoms with Gasteiger partial charge in [-0.15, -0.1) is 12.3 Å². The van der Waals surface area contributed by atoms with Crippen molar-refractivity contribution in [1.29, 1.82) is 0 Å². The molecule has 0 aromatic heterocycles. The average Bonchev–Trinajstić information content (AvgIpc) is 2.30. The lowest BCUT2D eigenvalue weighted by Crippen LogP contribution is -2.51. The second-order valence-electron chi connectivity index (χ2n) is 5.20. The molecule has 2 bridgehead atoms. The lowest BCUT2D eigenvalue weighted by atomic mass is 9.57. The van der Waals surface area contributed by atoms with Crippen LogP contribution in [0.3, 0.4) is 0 Å². The predicted octanol–water partition coefficient (Wildman–Crippen LogP) is 2.20. The molecule has 0 heterocycles. The van der Waals surface area contributed by atoms with Gasteiger partial charge in [0.25, 0.3) is 0 Å². The van der Waals surface area contributed by atoms with Gasteiger partial charge in [-0.1, -0.05) is 0 Å². The number of hydrogen-bond acceptors (Lipinski definition) is 3. The third-order valence-electron chi connectivity index (χ3n) is 4.23. The van der Waals surface area contributed by atoms with E-state index in [4.69, 9.17) is 11.2 Å². The first-order valence-electron chi connectivity index (χ1n) is 6.17. The molecule has 0 spiro atoms. The largest absolute Gasteiger partial charge is 0.462 e. The van der Waals surface area contributed by atoms with Crippen LogP contribution < -0.4 is 0 Å². The molecule has 3 nitrogen and oxygen atoms in total. The summed E-state index contributed by atoms with van der Waals surface area (Å²) in [7, 11) is 1.85. The maximum atomic E-state index is 11.2. The van der Waals surface area contributed by atoms with E-state index in [9.17, 15) is 4.79 Å². The zero-order chi connectivity index (χ0) is 12.5. The van der Waals surface area contributed by atoms with Crippen LogP contribution in [0.1, 0.15) is 39.0 Å². The van der Waals surface area contributed by atoms with Crippen LogP contribution in [0, 0.1) is 23.7 Å². The molecule has 3 rings (SSSR count). The standard InChI is InChI=1S/C14H19NO2/c1-4-6-14-7-5-11(12(9-14)15-3)8-13(14)17-10(2)16/h1,11,13H,5-9H2,2-3H3/b15-12+. The van der Waals surface area contributed by atoms with Gasteiger partial charge in [-0.25, -0.2) is 0 Å². The SMILES string of the molecule is C#CCC12CCC(CC1OC(C)=O)/C(=N/C)C2. The molecule has 92 valence electrons. The summed E-state index contributed by atoms with van der Waals surface area (Å²) in [6, 6.07) is 0. The molecular formula is C14H19NO2. The number of aliphatic imine (C=N–C) groups is 1. The topological polar surface area (TPSA) is 38.7 Å². The molecule has 3 saturated carbocycles. The molecule has 0 saturated heterocycles. The van der Waals surface area contributed by atoms with Gasteiger partial charge in [-0.05, 0) is 25.7 Å². The molecule has 0 radical (unpaired) electrons. The average molecular weight is 233 g/mol. The lowest BCUT2D eigenvalue weighted by Gasteiger charge is -2.51. The fourth-order valence-electron chi connectivity index (χ4n) is 3.36. The molecular weight excluding hydrogens is 214 g/mol. The van der Waals surface area contributed by atoms with E-state index >= 15 is 0 Å². The third-order valence-corrected chi connectivity index (χ3v) is 4.23. The Morgan fingerprint density at radius 3 is 3.06 bits per heavy atom. The number of carbonyl (C=O) groups excluding carboxylic acids is 1.